The highest BCUT2D eigenvalue weighted by molar-refractivity contribution is 6.03. The standard InChI is InChI=1S/C17H23N3O/c1-4-8-20-11-14(18)10-16(20)17(21)19-15-7-5-6-13(9-15)12(2)3/h5-7,9-12H,4,8,18H2,1-3H3,(H,19,21). The van der Waals surface area contributed by atoms with Crippen molar-refractivity contribution in [2.75, 3.05) is 11.1 Å². The summed E-state index contributed by atoms with van der Waals surface area (Å²) in [5.74, 6) is 0.308. The molecule has 112 valence electrons. The van der Waals surface area contributed by atoms with Crippen molar-refractivity contribution in [2.24, 2.45) is 0 Å². The second kappa shape index (κ2) is 6.48. The summed E-state index contributed by atoms with van der Waals surface area (Å²) in [6.07, 6.45) is 2.76. The minimum atomic E-state index is -0.124. The number of carbonyl (C=O) groups excluding carboxylic acids is 1. The smallest absolute Gasteiger partial charge is 0.272 e. The van der Waals surface area contributed by atoms with E-state index in [2.05, 4.69) is 32.2 Å². The van der Waals surface area contributed by atoms with Gasteiger partial charge < -0.3 is 15.6 Å². The zero-order valence-electron chi connectivity index (χ0n) is 12.9. The lowest BCUT2D eigenvalue weighted by atomic mass is 10.0. The molecule has 0 radical (unpaired) electrons. The van der Waals surface area contributed by atoms with Crippen molar-refractivity contribution in [3.8, 4) is 0 Å². The van der Waals surface area contributed by atoms with Crippen LogP contribution in [0.1, 0.15) is 49.2 Å². The summed E-state index contributed by atoms with van der Waals surface area (Å²) < 4.78 is 1.90. The first kappa shape index (κ1) is 15.2. The van der Waals surface area contributed by atoms with Crippen molar-refractivity contribution in [1.82, 2.24) is 4.57 Å². The molecule has 4 nitrogen and oxygen atoms in total. The van der Waals surface area contributed by atoms with E-state index < -0.39 is 0 Å². The van der Waals surface area contributed by atoms with E-state index in [1.807, 2.05) is 29.0 Å². The first-order valence-electron chi connectivity index (χ1n) is 7.38. The summed E-state index contributed by atoms with van der Waals surface area (Å²) >= 11 is 0. The third-order valence-electron chi connectivity index (χ3n) is 3.43. The largest absolute Gasteiger partial charge is 0.397 e. The molecule has 0 aliphatic heterocycles. The minimum Gasteiger partial charge on any atom is -0.397 e. The Kier molecular flexibility index (Phi) is 4.68. The van der Waals surface area contributed by atoms with E-state index in [9.17, 15) is 4.79 Å². The molecule has 2 rings (SSSR count). The number of hydrogen-bond donors (Lipinski definition) is 2. The maximum Gasteiger partial charge on any atom is 0.272 e. The molecule has 0 bridgehead atoms. The Morgan fingerprint density at radius 1 is 1.33 bits per heavy atom. The summed E-state index contributed by atoms with van der Waals surface area (Å²) in [4.78, 5) is 12.4. The summed E-state index contributed by atoms with van der Waals surface area (Å²) in [5.41, 5.74) is 9.04. The van der Waals surface area contributed by atoms with Crippen LogP contribution < -0.4 is 11.1 Å². The highest BCUT2D eigenvalue weighted by Gasteiger charge is 2.13. The van der Waals surface area contributed by atoms with Gasteiger partial charge in [0.05, 0.1) is 5.69 Å². The maximum absolute atomic E-state index is 12.4. The molecule has 0 spiro atoms. The number of aryl methyl sites for hydroxylation is 1. The predicted octanol–water partition coefficient (Wildman–Crippen LogP) is 3.86. The van der Waals surface area contributed by atoms with Gasteiger partial charge in [0, 0.05) is 18.4 Å². The molecule has 1 aromatic heterocycles. The van der Waals surface area contributed by atoms with Gasteiger partial charge in [0.15, 0.2) is 0 Å². The topological polar surface area (TPSA) is 60.0 Å². The number of nitrogens with two attached hydrogens (primary N) is 1. The summed E-state index contributed by atoms with van der Waals surface area (Å²) in [5, 5.41) is 2.95. The first-order chi connectivity index (χ1) is 10.0. The predicted molar refractivity (Wildman–Crippen MR) is 87.6 cm³/mol. The van der Waals surface area contributed by atoms with Crippen LogP contribution in [0, 0.1) is 0 Å². The Morgan fingerprint density at radius 2 is 2.10 bits per heavy atom. The van der Waals surface area contributed by atoms with Gasteiger partial charge in [0.1, 0.15) is 5.69 Å². The zero-order valence-corrected chi connectivity index (χ0v) is 12.9. The summed E-state index contributed by atoms with van der Waals surface area (Å²) in [6, 6.07) is 9.67. The Hall–Kier alpha value is -2.23. The van der Waals surface area contributed by atoms with Crippen LogP contribution in [0.4, 0.5) is 11.4 Å². The minimum absolute atomic E-state index is 0.124. The number of hydrogen-bond acceptors (Lipinski definition) is 2. The fraction of sp³-hybridized carbons (Fsp3) is 0.353. The number of aromatic nitrogens is 1. The molecular weight excluding hydrogens is 262 g/mol. The van der Waals surface area contributed by atoms with Gasteiger partial charge in [0.25, 0.3) is 5.91 Å². The average molecular weight is 285 g/mol. The Bertz CT molecular complexity index is 629. The molecule has 3 N–H and O–H groups in total. The molecule has 2 aromatic rings. The lowest BCUT2D eigenvalue weighted by Crippen LogP contribution is -2.16. The number of anilines is 2. The first-order valence-corrected chi connectivity index (χ1v) is 7.38. The highest BCUT2D eigenvalue weighted by Crippen LogP contribution is 2.20. The van der Waals surface area contributed by atoms with Gasteiger partial charge in [-0.25, -0.2) is 0 Å². The van der Waals surface area contributed by atoms with E-state index >= 15 is 0 Å². The highest BCUT2D eigenvalue weighted by atomic mass is 16.1. The average Bonchev–Trinajstić information content (AvgIpc) is 2.80. The van der Waals surface area contributed by atoms with Crippen molar-refractivity contribution in [2.45, 2.75) is 39.7 Å². The Morgan fingerprint density at radius 3 is 2.76 bits per heavy atom. The molecule has 0 unspecified atom stereocenters. The van der Waals surface area contributed by atoms with Crippen LogP contribution in [0.15, 0.2) is 36.5 Å². The molecular formula is C17H23N3O. The van der Waals surface area contributed by atoms with Crippen LogP contribution in [0.2, 0.25) is 0 Å². The van der Waals surface area contributed by atoms with Gasteiger partial charge in [0.2, 0.25) is 0 Å². The molecule has 0 saturated heterocycles. The summed E-state index contributed by atoms with van der Waals surface area (Å²) in [6.45, 7) is 7.12. The van der Waals surface area contributed by atoms with Gasteiger partial charge >= 0.3 is 0 Å². The monoisotopic (exact) mass is 285 g/mol. The van der Waals surface area contributed by atoms with Gasteiger partial charge in [-0.05, 0) is 36.1 Å². The number of amides is 1. The van der Waals surface area contributed by atoms with Crippen molar-refractivity contribution < 1.29 is 4.79 Å². The van der Waals surface area contributed by atoms with Crippen LogP contribution >= 0.6 is 0 Å². The van der Waals surface area contributed by atoms with Crippen LogP contribution in [0.3, 0.4) is 0 Å². The normalized spacial score (nSPS) is 10.9. The SMILES string of the molecule is CCCn1cc(N)cc1C(=O)Nc1cccc(C(C)C)c1. The lowest BCUT2D eigenvalue weighted by molar-refractivity contribution is 0.101. The number of benzene rings is 1. The molecule has 0 fully saturated rings. The fourth-order valence-corrected chi connectivity index (χ4v) is 2.32. The second-order valence-electron chi connectivity index (χ2n) is 5.59. The maximum atomic E-state index is 12.4. The van der Waals surface area contributed by atoms with E-state index in [1.54, 1.807) is 6.07 Å². The van der Waals surface area contributed by atoms with Gasteiger partial charge in [-0.2, -0.15) is 0 Å². The number of nitrogen functional groups attached to an aromatic ring is 1. The molecule has 21 heavy (non-hydrogen) atoms. The molecule has 0 aliphatic carbocycles. The number of rotatable bonds is 5. The van der Waals surface area contributed by atoms with Crippen LogP contribution in [0.25, 0.3) is 0 Å². The van der Waals surface area contributed by atoms with Crippen LogP contribution in [0.5, 0.6) is 0 Å². The quantitative estimate of drug-likeness (QED) is 0.876. The van der Waals surface area contributed by atoms with Gasteiger partial charge in [-0.1, -0.05) is 32.9 Å². The van der Waals surface area contributed by atoms with Crippen molar-refractivity contribution in [3.63, 3.8) is 0 Å². The molecule has 1 amide bonds. The molecule has 4 heteroatoms. The second-order valence-corrected chi connectivity index (χ2v) is 5.59. The molecule has 1 aromatic carbocycles. The zero-order chi connectivity index (χ0) is 15.4. The van der Waals surface area contributed by atoms with E-state index in [0.717, 1.165) is 18.7 Å². The van der Waals surface area contributed by atoms with Crippen molar-refractivity contribution in [1.29, 1.82) is 0 Å². The molecule has 0 saturated carbocycles. The van der Waals surface area contributed by atoms with E-state index in [4.69, 9.17) is 5.73 Å². The lowest BCUT2D eigenvalue weighted by Gasteiger charge is -2.11. The Labute approximate surface area is 126 Å². The molecule has 1 heterocycles. The number of nitrogens with zero attached hydrogens (tertiary/aromatic N) is 1. The van der Waals surface area contributed by atoms with Gasteiger partial charge in [-0.3, -0.25) is 4.79 Å². The molecule has 0 aliphatic rings. The van der Waals surface area contributed by atoms with E-state index in [-0.39, 0.29) is 5.91 Å². The third kappa shape index (κ3) is 3.66. The summed E-state index contributed by atoms with van der Waals surface area (Å²) in [7, 11) is 0. The Balaban J connectivity index is 2.20. The third-order valence-corrected chi connectivity index (χ3v) is 3.43. The van der Waals surface area contributed by atoms with Crippen LogP contribution in [-0.2, 0) is 6.54 Å². The number of carbonyl (C=O) groups is 1. The van der Waals surface area contributed by atoms with Crippen molar-refractivity contribution in [3.05, 3.63) is 47.8 Å². The van der Waals surface area contributed by atoms with E-state index in [1.165, 1.54) is 5.56 Å². The van der Waals surface area contributed by atoms with Crippen molar-refractivity contribution >= 4 is 17.3 Å². The fourth-order valence-electron chi connectivity index (χ4n) is 2.32. The number of nitrogens with one attached hydrogen (secondary N) is 1. The molecule has 0 atom stereocenters. The van der Waals surface area contributed by atoms with Crippen LogP contribution in [-0.4, -0.2) is 10.5 Å². The van der Waals surface area contributed by atoms with E-state index in [0.29, 0.717) is 17.3 Å². The van der Waals surface area contributed by atoms with Gasteiger partial charge in [-0.15, -0.1) is 0 Å².